The first-order chi connectivity index (χ1) is 6.99. The van der Waals surface area contributed by atoms with Crippen LogP contribution in [0.15, 0.2) is 22.7 Å². The quantitative estimate of drug-likeness (QED) is 0.885. The molecule has 0 saturated heterocycles. The summed E-state index contributed by atoms with van der Waals surface area (Å²) < 4.78 is 13.6. The lowest BCUT2D eigenvalue weighted by molar-refractivity contribution is -0.139. The maximum atomic E-state index is 12.9. The van der Waals surface area contributed by atoms with Crippen molar-refractivity contribution in [3.05, 3.63) is 34.1 Å². The number of aliphatic carboxylic acids is 1. The van der Waals surface area contributed by atoms with Crippen LogP contribution in [0.5, 0.6) is 0 Å². The highest BCUT2D eigenvalue weighted by Gasteiger charge is 2.09. The van der Waals surface area contributed by atoms with Crippen molar-refractivity contribution in [1.82, 2.24) is 5.32 Å². The van der Waals surface area contributed by atoms with Crippen LogP contribution in [0.3, 0.4) is 0 Å². The Labute approximate surface area is 95.4 Å². The van der Waals surface area contributed by atoms with Crippen molar-refractivity contribution in [2.24, 2.45) is 0 Å². The molecule has 0 fully saturated rings. The predicted molar refractivity (Wildman–Crippen MR) is 58.0 cm³/mol. The second-order valence-corrected chi connectivity index (χ2v) is 4.13. The van der Waals surface area contributed by atoms with Crippen LogP contribution in [-0.2, 0) is 11.3 Å². The number of carboxylic acid groups (broad SMARTS) is 1. The number of benzene rings is 1. The van der Waals surface area contributed by atoms with Crippen LogP contribution >= 0.6 is 15.9 Å². The van der Waals surface area contributed by atoms with Gasteiger partial charge in [0.05, 0.1) is 0 Å². The van der Waals surface area contributed by atoms with Crippen molar-refractivity contribution in [3.63, 3.8) is 0 Å². The lowest BCUT2D eigenvalue weighted by atomic mass is 10.2. The molecule has 0 unspecified atom stereocenters. The highest BCUT2D eigenvalue weighted by molar-refractivity contribution is 9.10. The highest BCUT2D eigenvalue weighted by atomic mass is 79.9. The molecule has 0 aliphatic rings. The van der Waals surface area contributed by atoms with Crippen molar-refractivity contribution >= 4 is 21.9 Å². The molecule has 0 amide bonds. The topological polar surface area (TPSA) is 49.3 Å². The molecule has 1 aromatic carbocycles. The summed E-state index contributed by atoms with van der Waals surface area (Å²) >= 11 is 3.16. The van der Waals surface area contributed by atoms with Crippen LogP contribution < -0.4 is 5.32 Å². The third-order valence-corrected chi connectivity index (χ3v) is 2.36. The highest BCUT2D eigenvalue weighted by Crippen LogP contribution is 2.14. The molecule has 1 rings (SSSR count). The molecule has 1 atom stereocenters. The molecule has 0 aliphatic heterocycles. The molecular formula is C10H11BrFNO2. The third kappa shape index (κ3) is 3.97. The molecule has 0 heterocycles. The van der Waals surface area contributed by atoms with Gasteiger partial charge < -0.3 is 10.4 Å². The van der Waals surface area contributed by atoms with Crippen molar-refractivity contribution in [2.75, 3.05) is 0 Å². The number of nitrogens with one attached hydrogen (secondary N) is 1. The van der Waals surface area contributed by atoms with Gasteiger partial charge in [-0.15, -0.1) is 0 Å². The molecule has 5 heteroatoms. The molecule has 0 aliphatic carbocycles. The van der Waals surface area contributed by atoms with Crippen LogP contribution in [0.2, 0.25) is 0 Å². The van der Waals surface area contributed by atoms with E-state index in [0.717, 1.165) is 0 Å². The maximum absolute atomic E-state index is 12.9. The smallest absolute Gasteiger partial charge is 0.320 e. The Morgan fingerprint density at radius 2 is 2.27 bits per heavy atom. The van der Waals surface area contributed by atoms with E-state index in [1.165, 1.54) is 19.1 Å². The molecule has 3 nitrogen and oxygen atoms in total. The van der Waals surface area contributed by atoms with E-state index in [9.17, 15) is 9.18 Å². The zero-order chi connectivity index (χ0) is 11.4. The summed E-state index contributed by atoms with van der Waals surface area (Å²) in [6, 6.07) is 3.81. The van der Waals surface area contributed by atoms with Crippen LogP contribution in [0.4, 0.5) is 4.39 Å². The second kappa shape index (κ2) is 5.23. The Bertz CT molecular complexity index is 350. The van der Waals surface area contributed by atoms with Crippen molar-refractivity contribution in [1.29, 1.82) is 0 Å². The van der Waals surface area contributed by atoms with Crippen molar-refractivity contribution in [2.45, 2.75) is 19.5 Å². The Morgan fingerprint density at radius 1 is 1.60 bits per heavy atom. The van der Waals surface area contributed by atoms with Crippen LogP contribution in [0.25, 0.3) is 0 Å². The first-order valence-electron chi connectivity index (χ1n) is 4.40. The van der Waals surface area contributed by atoms with Crippen molar-refractivity contribution in [3.8, 4) is 0 Å². The van der Waals surface area contributed by atoms with Gasteiger partial charge >= 0.3 is 5.97 Å². The number of hydrogen-bond donors (Lipinski definition) is 2. The van der Waals surface area contributed by atoms with Gasteiger partial charge in [0.15, 0.2) is 0 Å². The summed E-state index contributed by atoms with van der Waals surface area (Å²) in [5, 5.41) is 11.4. The average Bonchev–Trinajstić information content (AvgIpc) is 2.12. The van der Waals surface area contributed by atoms with Gasteiger partial charge in [0, 0.05) is 11.0 Å². The van der Waals surface area contributed by atoms with E-state index in [1.54, 1.807) is 6.07 Å². The molecule has 2 N–H and O–H groups in total. The fraction of sp³-hybridized carbons (Fsp3) is 0.300. The molecule has 1 aromatic rings. The lowest BCUT2D eigenvalue weighted by Crippen LogP contribution is -2.33. The maximum Gasteiger partial charge on any atom is 0.320 e. The predicted octanol–water partition coefficient (Wildman–Crippen LogP) is 2.15. The Kier molecular flexibility index (Phi) is 4.23. The van der Waals surface area contributed by atoms with E-state index in [1.807, 2.05) is 0 Å². The van der Waals surface area contributed by atoms with Gasteiger partial charge in [-0.2, -0.15) is 0 Å². The standard InChI is InChI=1S/C10H11BrFNO2/c1-6(10(14)15)13-5-7-2-8(11)4-9(12)3-7/h2-4,6,13H,5H2,1H3,(H,14,15)/t6-/m0/s1. The summed E-state index contributed by atoms with van der Waals surface area (Å²) in [5.41, 5.74) is 0.704. The molecule has 15 heavy (non-hydrogen) atoms. The van der Waals surface area contributed by atoms with Gasteiger partial charge in [-0.05, 0) is 30.7 Å². The van der Waals surface area contributed by atoms with Crippen molar-refractivity contribution < 1.29 is 14.3 Å². The van der Waals surface area contributed by atoms with E-state index in [2.05, 4.69) is 21.2 Å². The lowest BCUT2D eigenvalue weighted by Gasteiger charge is -2.09. The normalized spacial score (nSPS) is 12.5. The molecule has 82 valence electrons. The Morgan fingerprint density at radius 3 is 2.80 bits per heavy atom. The van der Waals surface area contributed by atoms with Gasteiger partial charge in [-0.25, -0.2) is 4.39 Å². The summed E-state index contributed by atoms with van der Waals surface area (Å²) in [4.78, 5) is 10.5. The minimum atomic E-state index is -0.925. The van der Waals surface area contributed by atoms with Crippen LogP contribution in [0, 0.1) is 5.82 Å². The summed E-state index contributed by atoms with van der Waals surface area (Å²) in [5.74, 6) is -1.27. The van der Waals surface area contributed by atoms with Gasteiger partial charge in [0.2, 0.25) is 0 Å². The summed E-state index contributed by atoms with van der Waals surface area (Å²) in [6.07, 6.45) is 0. The zero-order valence-electron chi connectivity index (χ0n) is 8.13. The number of carbonyl (C=O) groups is 1. The number of carboxylic acids is 1. The Hall–Kier alpha value is -0.940. The molecule has 0 radical (unpaired) electrons. The van der Waals surface area contributed by atoms with E-state index in [-0.39, 0.29) is 5.82 Å². The third-order valence-electron chi connectivity index (χ3n) is 1.91. The fourth-order valence-corrected chi connectivity index (χ4v) is 1.58. The molecule has 0 saturated carbocycles. The number of halogens is 2. The fourth-order valence-electron chi connectivity index (χ4n) is 1.07. The second-order valence-electron chi connectivity index (χ2n) is 3.22. The van der Waals surface area contributed by atoms with E-state index < -0.39 is 12.0 Å². The monoisotopic (exact) mass is 275 g/mol. The van der Waals surface area contributed by atoms with Gasteiger partial charge in [-0.1, -0.05) is 15.9 Å². The zero-order valence-corrected chi connectivity index (χ0v) is 9.71. The van der Waals surface area contributed by atoms with E-state index in [0.29, 0.717) is 16.6 Å². The molecule has 0 spiro atoms. The summed E-state index contributed by atoms with van der Waals surface area (Å²) in [7, 11) is 0. The number of rotatable bonds is 4. The van der Waals surface area contributed by atoms with E-state index in [4.69, 9.17) is 5.11 Å². The average molecular weight is 276 g/mol. The van der Waals surface area contributed by atoms with Gasteiger partial charge in [0.1, 0.15) is 11.9 Å². The minimum Gasteiger partial charge on any atom is -0.480 e. The van der Waals surface area contributed by atoms with Crippen LogP contribution in [-0.4, -0.2) is 17.1 Å². The molecular weight excluding hydrogens is 265 g/mol. The minimum absolute atomic E-state index is 0.323. The van der Waals surface area contributed by atoms with Crippen LogP contribution in [0.1, 0.15) is 12.5 Å². The molecule has 0 bridgehead atoms. The molecule has 0 aromatic heterocycles. The van der Waals surface area contributed by atoms with Gasteiger partial charge in [-0.3, -0.25) is 4.79 Å². The first kappa shape index (κ1) is 12.1. The largest absolute Gasteiger partial charge is 0.480 e. The SMILES string of the molecule is C[C@H](NCc1cc(F)cc(Br)c1)C(=O)O. The van der Waals surface area contributed by atoms with Gasteiger partial charge in [0.25, 0.3) is 0 Å². The summed E-state index contributed by atoms with van der Waals surface area (Å²) in [6.45, 7) is 1.86. The number of hydrogen-bond acceptors (Lipinski definition) is 2. The first-order valence-corrected chi connectivity index (χ1v) is 5.19. The van der Waals surface area contributed by atoms with E-state index >= 15 is 0 Å². The Balaban J connectivity index is 2.61.